The number of aliphatic hydroxyl groups excluding tert-OH is 2. The van der Waals surface area contributed by atoms with E-state index >= 15 is 0 Å². The molecule has 0 radical (unpaired) electrons. The van der Waals surface area contributed by atoms with E-state index in [2.05, 4.69) is 0 Å². The fraction of sp³-hybridized carbons (Fsp3) is 0.542. The van der Waals surface area contributed by atoms with Gasteiger partial charge in [0, 0.05) is 18.8 Å². The Hall–Kier alpha value is -2.15. The highest BCUT2D eigenvalue weighted by molar-refractivity contribution is 5.70. The molecule has 3 rings (SSSR count). The molecule has 0 spiro atoms. The Morgan fingerprint density at radius 2 is 2.13 bits per heavy atom. The summed E-state index contributed by atoms with van der Waals surface area (Å²) in [5.41, 5.74) is 0. The van der Waals surface area contributed by atoms with E-state index in [0.717, 1.165) is 12.8 Å². The molecule has 2 N–H and O–H groups in total. The lowest BCUT2D eigenvalue weighted by Crippen LogP contribution is -2.22. The van der Waals surface area contributed by atoms with Crippen molar-refractivity contribution < 1.29 is 29.2 Å². The maximum absolute atomic E-state index is 11.9. The normalized spacial score (nSPS) is 27.2. The van der Waals surface area contributed by atoms with Crippen molar-refractivity contribution >= 4 is 5.97 Å². The fourth-order valence-corrected chi connectivity index (χ4v) is 3.99. The van der Waals surface area contributed by atoms with Crippen LogP contribution in [0, 0.1) is 11.8 Å². The second-order valence-corrected chi connectivity index (χ2v) is 7.95. The second-order valence-electron chi connectivity index (χ2n) is 7.95. The number of ether oxygens (including phenoxy) is 3. The summed E-state index contributed by atoms with van der Waals surface area (Å²) in [7, 11) is 0. The number of aliphatic hydroxyl groups is 2. The van der Waals surface area contributed by atoms with Gasteiger partial charge >= 0.3 is 5.97 Å². The summed E-state index contributed by atoms with van der Waals surface area (Å²) in [6.07, 6.45) is 7.41. The van der Waals surface area contributed by atoms with Gasteiger partial charge < -0.3 is 24.4 Å². The Balaban J connectivity index is 1.53. The van der Waals surface area contributed by atoms with Gasteiger partial charge in [0.2, 0.25) is 0 Å². The molecule has 1 aromatic carbocycles. The number of unbranched alkanes of at least 4 members (excludes halogenated alkanes) is 1. The van der Waals surface area contributed by atoms with Crippen molar-refractivity contribution in [3.05, 3.63) is 54.3 Å². The van der Waals surface area contributed by atoms with Crippen LogP contribution in [0.1, 0.15) is 39.0 Å². The predicted octanol–water partition coefficient (Wildman–Crippen LogP) is 3.39. The smallest absolute Gasteiger partial charge is 0.310 e. The van der Waals surface area contributed by atoms with Crippen molar-refractivity contribution in [2.45, 2.75) is 57.3 Å². The van der Waals surface area contributed by atoms with Gasteiger partial charge in [0.15, 0.2) is 0 Å². The van der Waals surface area contributed by atoms with Crippen LogP contribution in [-0.2, 0) is 14.3 Å². The van der Waals surface area contributed by atoms with Crippen LogP contribution in [0.3, 0.4) is 0 Å². The molecule has 1 aliphatic heterocycles. The zero-order valence-electron chi connectivity index (χ0n) is 17.5. The van der Waals surface area contributed by atoms with E-state index in [1.165, 1.54) is 0 Å². The molecule has 1 fully saturated rings. The topological polar surface area (TPSA) is 85.2 Å². The van der Waals surface area contributed by atoms with E-state index in [9.17, 15) is 15.0 Å². The van der Waals surface area contributed by atoms with Crippen LogP contribution >= 0.6 is 0 Å². The molecule has 1 aromatic rings. The minimum Gasteiger partial charge on any atom is -0.491 e. The van der Waals surface area contributed by atoms with Crippen LogP contribution in [0.15, 0.2) is 54.3 Å². The first-order valence-corrected chi connectivity index (χ1v) is 10.8. The maximum atomic E-state index is 11.9. The fourth-order valence-electron chi connectivity index (χ4n) is 3.99. The summed E-state index contributed by atoms with van der Waals surface area (Å²) >= 11 is 0. The SMILES string of the molecule is CCCCC(=O)OC1=CCC2C(CC(O)C2C=C[C@@H](O)COc2ccccc2)OC1. The number of carbonyl (C=O) groups is 1. The van der Waals surface area contributed by atoms with Crippen LogP contribution in [0.2, 0.25) is 0 Å². The molecule has 0 amide bonds. The first-order valence-electron chi connectivity index (χ1n) is 10.8. The van der Waals surface area contributed by atoms with Gasteiger partial charge in [-0.2, -0.15) is 0 Å². The van der Waals surface area contributed by atoms with Crippen molar-refractivity contribution in [1.82, 2.24) is 0 Å². The van der Waals surface area contributed by atoms with Gasteiger partial charge in [0.1, 0.15) is 30.8 Å². The van der Waals surface area contributed by atoms with Crippen molar-refractivity contribution in [2.24, 2.45) is 11.8 Å². The number of allylic oxidation sites excluding steroid dienone is 1. The molecule has 0 bridgehead atoms. The van der Waals surface area contributed by atoms with Crippen molar-refractivity contribution in [3.63, 3.8) is 0 Å². The number of rotatable bonds is 9. The van der Waals surface area contributed by atoms with Crippen molar-refractivity contribution in [2.75, 3.05) is 13.2 Å². The third kappa shape index (κ3) is 6.42. The third-order valence-electron chi connectivity index (χ3n) is 5.65. The van der Waals surface area contributed by atoms with Crippen LogP contribution in [-0.4, -0.2) is 47.7 Å². The average Bonchev–Trinajstić information content (AvgIpc) is 2.92. The number of hydrogen-bond acceptors (Lipinski definition) is 6. The molecule has 6 heteroatoms. The Morgan fingerprint density at radius 3 is 2.90 bits per heavy atom. The monoisotopic (exact) mass is 416 g/mol. The van der Waals surface area contributed by atoms with E-state index < -0.39 is 12.2 Å². The number of fused-ring (bicyclic) bond motifs is 1. The van der Waals surface area contributed by atoms with Crippen LogP contribution in [0.25, 0.3) is 0 Å². The van der Waals surface area contributed by atoms with Crippen molar-refractivity contribution in [1.29, 1.82) is 0 Å². The second kappa shape index (κ2) is 11.3. The zero-order valence-corrected chi connectivity index (χ0v) is 17.5. The first kappa shape index (κ1) is 22.5. The quantitative estimate of drug-likeness (QED) is 0.474. The lowest BCUT2D eigenvalue weighted by atomic mass is 9.90. The van der Waals surface area contributed by atoms with Gasteiger partial charge in [-0.25, -0.2) is 0 Å². The molecule has 5 atom stereocenters. The van der Waals surface area contributed by atoms with Gasteiger partial charge in [-0.15, -0.1) is 0 Å². The molecule has 164 valence electrons. The minimum atomic E-state index is -0.770. The Labute approximate surface area is 178 Å². The Morgan fingerprint density at radius 1 is 1.33 bits per heavy atom. The van der Waals surface area contributed by atoms with Gasteiger partial charge in [0.25, 0.3) is 0 Å². The number of para-hydroxylation sites is 1. The number of hydrogen-bond donors (Lipinski definition) is 2. The third-order valence-corrected chi connectivity index (χ3v) is 5.65. The minimum absolute atomic E-state index is 0.0744. The highest BCUT2D eigenvalue weighted by Crippen LogP contribution is 2.40. The number of esters is 1. The first-order chi connectivity index (χ1) is 14.6. The van der Waals surface area contributed by atoms with Gasteiger partial charge in [0.05, 0.1) is 12.2 Å². The summed E-state index contributed by atoms with van der Waals surface area (Å²) < 4.78 is 16.9. The molecule has 1 aliphatic carbocycles. The van der Waals surface area contributed by atoms with E-state index in [4.69, 9.17) is 14.2 Å². The predicted molar refractivity (Wildman–Crippen MR) is 113 cm³/mol. The molecule has 4 unspecified atom stereocenters. The molecular formula is C24H32O6. The van der Waals surface area contributed by atoms with Crippen LogP contribution < -0.4 is 4.74 Å². The molecule has 0 aromatic heterocycles. The standard InChI is InChI=1S/C24H32O6/c1-2-3-9-24(27)30-19-11-13-21-20(22(26)14-23(21)29-16-19)12-10-17(25)15-28-18-7-5-4-6-8-18/h4-8,10-12,17,20-23,25-26H,2-3,9,13-16H2,1H3/t17-,20?,21?,22?,23?/m1/s1. The van der Waals surface area contributed by atoms with E-state index in [1.807, 2.05) is 49.4 Å². The molecule has 2 aliphatic rings. The zero-order chi connectivity index (χ0) is 21.3. The largest absolute Gasteiger partial charge is 0.491 e. The van der Waals surface area contributed by atoms with E-state index in [1.54, 1.807) is 6.08 Å². The summed E-state index contributed by atoms with van der Waals surface area (Å²) in [6.45, 7) is 2.42. The molecule has 6 nitrogen and oxygen atoms in total. The summed E-state index contributed by atoms with van der Waals surface area (Å²) in [6, 6.07) is 9.33. The Bertz CT molecular complexity index is 728. The average molecular weight is 417 g/mol. The number of benzene rings is 1. The Kier molecular flexibility index (Phi) is 8.49. The van der Waals surface area contributed by atoms with E-state index in [0.29, 0.717) is 30.8 Å². The van der Waals surface area contributed by atoms with Gasteiger partial charge in [-0.05, 0) is 37.0 Å². The lowest BCUT2D eigenvalue weighted by Gasteiger charge is -2.20. The van der Waals surface area contributed by atoms with Crippen molar-refractivity contribution in [3.8, 4) is 5.75 Å². The summed E-state index contributed by atoms with van der Waals surface area (Å²) in [5, 5.41) is 20.7. The summed E-state index contributed by atoms with van der Waals surface area (Å²) in [4.78, 5) is 11.9. The summed E-state index contributed by atoms with van der Waals surface area (Å²) in [5.74, 6) is 0.975. The molecule has 30 heavy (non-hydrogen) atoms. The van der Waals surface area contributed by atoms with Crippen LogP contribution in [0.4, 0.5) is 0 Å². The van der Waals surface area contributed by atoms with Gasteiger partial charge in [-0.3, -0.25) is 4.79 Å². The highest BCUT2D eigenvalue weighted by Gasteiger charge is 2.42. The molecule has 1 saturated carbocycles. The van der Waals surface area contributed by atoms with E-state index in [-0.39, 0.29) is 37.1 Å². The molecule has 0 saturated heterocycles. The number of carbonyl (C=O) groups excluding carboxylic acids is 1. The maximum Gasteiger partial charge on any atom is 0.310 e. The lowest BCUT2D eigenvalue weighted by molar-refractivity contribution is -0.140. The highest BCUT2D eigenvalue weighted by atomic mass is 16.6. The van der Waals surface area contributed by atoms with Crippen LogP contribution in [0.5, 0.6) is 5.75 Å². The molecule has 1 heterocycles. The van der Waals surface area contributed by atoms with Gasteiger partial charge in [-0.1, -0.05) is 43.7 Å². The molecular weight excluding hydrogens is 384 g/mol.